The van der Waals surface area contributed by atoms with Crippen LogP contribution in [0.5, 0.6) is 5.75 Å². The minimum Gasteiger partial charge on any atom is -0.492 e. The van der Waals surface area contributed by atoms with E-state index < -0.39 is 0 Å². The first-order chi connectivity index (χ1) is 10.1. The monoisotopic (exact) mass is 290 g/mol. The van der Waals surface area contributed by atoms with Crippen molar-refractivity contribution in [1.29, 1.82) is 0 Å². The van der Waals surface area contributed by atoms with Gasteiger partial charge < -0.3 is 15.0 Å². The molecular weight excluding hydrogens is 260 g/mol. The Morgan fingerprint density at radius 2 is 1.90 bits per heavy atom. The fourth-order valence-electron chi connectivity index (χ4n) is 2.16. The third-order valence-electron chi connectivity index (χ3n) is 3.93. The van der Waals surface area contributed by atoms with Crippen LogP contribution in [0.15, 0.2) is 24.3 Å². The van der Waals surface area contributed by atoms with Gasteiger partial charge in [-0.15, -0.1) is 0 Å². The average Bonchev–Trinajstić information content (AvgIpc) is 3.28. The molecule has 21 heavy (non-hydrogen) atoms. The highest BCUT2D eigenvalue weighted by Crippen LogP contribution is 2.19. The van der Waals surface area contributed by atoms with Crippen molar-refractivity contribution in [3.63, 3.8) is 0 Å². The molecule has 118 valence electrons. The summed E-state index contributed by atoms with van der Waals surface area (Å²) < 4.78 is 5.81. The molecule has 1 aliphatic carbocycles. The minimum absolute atomic E-state index is 0.758. The lowest BCUT2D eigenvalue weighted by atomic mass is 10.1. The van der Waals surface area contributed by atoms with Crippen molar-refractivity contribution in [2.75, 3.05) is 26.7 Å². The first-order valence-electron chi connectivity index (χ1n) is 8.27. The van der Waals surface area contributed by atoms with Gasteiger partial charge in [0.25, 0.3) is 0 Å². The van der Waals surface area contributed by atoms with E-state index in [1.54, 1.807) is 0 Å². The van der Waals surface area contributed by atoms with Crippen LogP contribution in [0.3, 0.4) is 0 Å². The zero-order chi connectivity index (χ0) is 15.1. The summed E-state index contributed by atoms with van der Waals surface area (Å²) >= 11 is 0. The van der Waals surface area contributed by atoms with Gasteiger partial charge in [-0.2, -0.15) is 0 Å². The van der Waals surface area contributed by atoms with Gasteiger partial charge in [0.05, 0.1) is 0 Å². The van der Waals surface area contributed by atoms with Crippen LogP contribution in [0.25, 0.3) is 0 Å². The van der Waals surface area contributed by atoms with Crippen LogP contribution in [0.4, 0.5) is 0 Å². The smallest absolute Gasteiger partial charge is 0.119 e. The van der Waals surface area contributed by atoms with Gasteiger partial charge in [-0.3, -0.25) is 0 Å². The summed E-state index contributed by atoms with van der Waals surface area (Å²) in [5.41, 5.74) is 1.34. The van der Waals surface area contributed by atoms with Crippen LogP contribution in [0, 0.1) is 5.92 Å². The van der Waals surface area contributed by atoms with Crippen molar-refractivity contribution in [3.05, 3.63) is 29.8 Å². The molecule has 0 atom stereocenters. The minimum atomic E-state index is 0.758. The molecule has 0 aliphatic heterocycles. The molecule has 0 aromatic heterocycles. The molecule has 0 amide bonds. The van der Waals surface area contributed by atoms with E-state index in [4.69, 9.17) is 4.74 Å². The first-order valence-corrected chi connectivity index (χ1v) is 8.27. The third-order valence-corrected chi connectivity index (χ3v) is 3.93. The van der Waals surface area contributed by atoms with E-state index in [1.807, 2.05) is 0 Å². The van der Waals surface area contributed by atoms with Gasteiger partial charge >= 0.3 is 0 Å². The lowest BCUT2D eigenvalue weighted by Crippen LogP contribution is -2.26. The maximum absolute atomic E-state index is 5.81. The molecule has 0 unspecified atom stereocenters. The first kappa shape index (κ1) is 16.3. The second kappa shape index (κ2) is 8.40. The standard InChI is InChI=1S/C18H30N2O/c1-15(2)10-11-20(3)12-13-21-18-8-4-16(5-9-18)14-19-17-6-7-17/h4-5,8-9,15,17,19H,6-7,10-14H2,1-3H3. The Bertz CT molecular complexity index is 398. The molecule has 0 radical (unpaired) electrons. The summed E-state index contributed by atoms with van der Waals surface area (Å²) in [4.78, 5) is 2.34. The molecule has 0 heterocycles. The summed E-state index contributed by atoms with van der Waals surface area (Å²) in [7, 11) is 2.17. The molecule has 1 fully saturated rings. The molecule has 1 aromatic carbocycles. The van der Waals surface area contributed by atoms with Gasteiger partial charge in [0.2, 0.25) is 0 Å². The Labute approximate surface area is 129 Å². The SMILES string of the molecule is CC(C)CCN(C)CCOc1ccc(CNC2CC2)cc1. The van der Waals surface area contributed by atoms with E-state index in [9.17, 15) is 0 Å². The fourth-order valence-corrected chi connectivity index (χ4v) is 2.16. The predicted molar refractivity (Wildman–Crippen MR) is 88.8 cm³/mol. The number of ether oxygens (including phenoxy) is 1. The van der Waals surface area contributed by atoms with E-state index in [0.29, 0.717) is 0 Å². The number of hydrogen-bond donors (Lipinski definition) is 1. The Balaban J connectivity index is 1.61. The van der Waals surface area contributed by atoms with E-state index >= 15 is 0 Å². The molecule has 1 saturated carbocycles. The number of hydrogen-bond acceptors (Lipinski definition) is 3. The van der Waals surface area contributed by atoms with Gasteiger partial charge in [0, 0.05) is 19.1 Å². The highest BCUT2D eigenvalue weighted by Gasteiger charge is 2.19. The van der Waals surface area contributed by atoms with Gasteiger partial charge in [-0.05, 0) is 56.5 Å². The molecular formula is C18H30N2O. The average molecular weight is 290 g/mol. The van der Waals surface area contributed by atoms with Gasteiger partial charge in [-0.1, -0.05) is 26.0 Å². The quantitative estimate of drug-likeness (QED) is 0.715. The highest BCUT2D eigenvalue weighted by atomic mass is 16.5. The van der Waals surface area contributed by atoms with E-state index in [1.165, 1.54) is 24.8 Å². The maximum atomic E-state index is 5.81. The van der Waals surface area contributed by atoms with Crippen molar-refractivity contribution in [1.82, 2.24) is 10.2 Å². The molecule has 0 spiro atoms. The van der Waals surface area contributed by atoms with Crippen LogP contribution in [-0.2, 0) is 6.54 Å². The Morgan fingerprint density at radius 1 is 1.19 bits per heavy atom. The molecule has 0 bridgehead atoms. The molecule has 2 rings (SSSR count). The van der Waals surface area contributed by atoms with Crippen LogP contribution in [0.1, 0.15) is 38.7 Å². The van der Waals surface area contributed by atoms with Crippen molar-refractivity contribution in [2.24, 2.45) is 5.92 Å². The number of nitrogens with one attached hydrogen (secondary N) is 1. The molecule has 1 aromatic rings. The normalized spacial score (nSPS) is 14.9. The van der Waals surface area contributed by atoms with Gasteiger partial charge in [0.1, 0.15) is 12.4 Å². The summed E-state index contributed by atoms with van der Waals surface area (Å²) in [6.07, 6.45) is 3.93. The van der Waals surface area contributed by atoms with Gasteiger partial charge in [0.15, 0.2) is 0 Å². The van der Waals surface area contributed by atoms with Crippen molar-refractivity contribution >= 4 is 0 Å². The van der Waals surface area contributed by atoms with E-state index in [0.717, 1.165) is 44.0 Å². The fraction of sp³-hybridized carbons (Fsp3) is 0.667. The maximum Gasteiger partial charge on any atom is 0.119 e. The number of likely N-dealkylation sites (N-methyl/N-ethyl adjacent to an activating group) is 1. The van der Waals surface area contributed by atoms with Gasteiger partial charge in [-0.25, -0.2) is 0 Å². The van der Waals surface area contributed by atoms with Crippen molar-refractivity contribution < 1.29 is 4.74 Å². The number of rotatable bonds is 10. The van der Waals surface area contributed by atoms with E-state index in [-0.39, 0.29) is 0 Å². The lowest BCUT2D eigenvalue weighted by Gasteiger charge is -2.18. The number of nitrogens with zero attached hydrogens (tertiary/aromatic N) is 1. The molecule has 3 heteroatoms. The molecule has 1 aliphatic rings. The molecule has 3 nitrogen and oxygen atoms in total. The zero-order valence-electron chi connectivity index (χ0n) is 13.8. The van der Waals surface area contributed by atoms with Crippen LogP contribution in [-0.4, -0.2) is 37.7 Å². The topological polar surface area (TPSA) is 24.5 Å². The second-order valence-corrected chi connectivity index (χ2v) is 6.63. The van der Waals surface area contributed by atoms with Crippen LogP contribution in [0.2, 0.25) is 0 Å². The summed E-state index contributed by atoms with van der Waals surface area (Å²) in [6, 6.07) is 9.25. The van der Waals surface area contributed by atoms with Crippen molar-refractivity contribution in [2.45, 2.75) is 45.7 Å². The Hall–Kier alpha value is -1.06. The largest absolute Gasteiger partial charge is 0.492 e. The van der Waals surface area contributed by atoms with Crippen LogP contribution >= 0.6 is 0 Å². The Morgan fingerprint density at radius 3 is 2.52 bits per heavy atom. The van der Waals surface area contributed by atoms with Crippen molar-refractivity contribution in [3.8, 4) is 5.75 Å². The lowest BCUT2D eigenvalue weighted by molar-refractivity contribution is 0.230. The zero-order valence-corrected chi connectivity index (χ0v) is 13.8. The third kappa shape index (κ3) is 6.96. The predicted octanol–water partition coefficient (Wildman–Crippen LogP) is 3.30. The molecule has 1 N–H and O–H groups in total. The highest BCUT2D eigenvalue weighted by molar-refractivity contribution is 5.27. The summed E-state index contributed by atoms with van der Waals surface area (Å²) in [6.45, 7) is 8.40. The number of benzene rings is 1. The Kier molecular flexibility index (Phi) is 6.52. The molecule has 0 saturated heterocycles. The second-order valence-electron chi connectivity index (χ2n) is 6.63. The van der Waals surface area contributed by atoms with Crippen LogP contribution < -0.4 is 10.1 Å². The summed E-state index contributed by atoms with van der Waals surface area (Å²) in [5.74, 6) is 1.74. The van der Waals surface area contributed by atoms with E-state index in [2.05, 4.69) is 55.4 Å². The summed E-state index contributed by atoms with van der Waals surface area (Å²) in [5, 5.41) is 3.53.